The predicted molar refractivity (Wildman–Crippen MR) is 78.6 cm³/mol. The van der Waals surface area contributed by atoms with Gasteiger partial charge in [-0.3, -0.25) is 4.79 Å². The van der Waals surface area contributed by atoms with Crippen molar-refractivity contribution in [3.63, 3.8) is 0 Å². The molecule has 2 heteroatoms. The van der Waals surface area contributed by atoms with Crippen LogP contribution in [0.4, 0.5) is 0 Å². The van der Waals surface area contributed by atoms with Gasteiger partial charge < -0.3 is 5.11 Å². The maximum atomic E-state index is 12.9. The van der Waals surface area contributed by atoms with E-state index in [1.54, 1.807) is 0 Å². The number of fused-ring (bicyclic) bond motifs is 2. The van der Waals surface area contributed by atoms with Crippen molar-refractivity contribution >= 4 is 5.78 Å². The number of aliphatic hydroxyl groups is 1. The van der Waals surface area contributed by atoms with Crippen LogP contribution in [-0.4, -0.2) is 10.9 Å². The van der Waals surface area contributed by atoms with Crippen LogP contribution in [-0.2, 0) is 0 Å². The molecule has 0 amide bonds. The summed E-state index contributed by atoms with van der Waals surface area (Å²) in [5.41, 5.74) is 6.35. The lowest BCUT2D eigenvalue weighted by Gasteiger charge is -2.28. The second kappa shape index (κ2) is 4.29. The predicted octanol–water partition coefficient (Wildman–Crippen LogP) is 3.77. The van der Waals surface area contributed by atoms with Crippen LogP contribution in [0, 0.1) is 33.8 Å². The number of hydrogen-bond donors (Lipinski definition) is 1. The summed E-state index contributed by atoms with van der Waals surface area (Å²) in [5.74, 6) is 0.0233. The van der Waals surface area contributed by atoms with Gasteiger partial charge in [-0.1, -0.05) is 24.3 Å². The van der Waals surface area contributed by atoms with E-state index in [4.69, 9.17) is 0 Å². The number of carbonyl (C=O) groups is 1. The average molecular weight is 265 g/mol. The lowest BCUT2D eigenvalue weighted by Crippen LogP contribution is -2.24. The first-order chi connectivity index (χ1) is 9.43. The van der Waals surface area contributed by atoms with Crippen molar-refractivity contribution in [1.29, 1.82) is 0 Å². The molecule has 0 bridgehead atoms. The van der Waals surface area contributed by atoms with Crippen LogP contribution in [0.3, 0.4) is 0 Å². The molecule has 101 valence electrons. The molecular formula is C18H17O2. The van der Waals surface area contributed by atoms with Crippen LogP contribution in [0.15, 0.2) is 24.3 Å². The van der Waals surface area contributed by atoms with E-state index < -0.39 is 0 Å². The van der Waals surface area contributed by atoms with E-state index in [2.05, 4.69) is 0 Å². The topological polar surface area (TPSA) is 37.3 Å². The first kappa shape index (κ1) is 13.1. The summed E-state index contributed by atoms with van der Waals surface area (Å²) in [6, 6.07) is 7.78. The third-order valence-electron chi connectivity index (χ3n) is 4.17. The van der Waals surface area contributed by atoms with E-state index in [-0.39, 0.29) is 11.9 Å². The first-order valence-electron chi connectivity index (χ1n) is 6.75. The molecule has 2 nitrogen and oxygen atoms in total. The van der Waals surface area contributed by atoms with Crippen molar-refractivity contribution in [2.75, 3.05) is 0 Å². The standard InChI is InChI=1S/C18H17O2/c1-9-5-6-10(2)14-13(9)17(19)15-11(3)7-8-12(4)16(15)18(14)20/h5-8,19H,1-4H3. The normalized spacial score (nSPS) is 14.2. The van der Waals surface area contributed by atoms with Gasteiger partial charge in [0.25, 0.3) is 0 Å². The summed E-state index contributed by atoms with van der Waals surface area (Å²) in [6.45, 7) is 7.69. The van der Waals surface area contributed by atoms with Crippen molar-refractivity contribution in [2.24, 2.45) is 0 Å². The molecule has 0 heterocycles. The molecule has 2 aromatic carbocycles. The number of hydrogen-bond acceptors (Lipinski definition) is 2. The van der Waals surface area contributed by atoms with E-state index in [0.29, 0.717) is 22.3 Å². The quantitative estimate of drug-likeness (QED) is 0.787. The zero-order chi connectivity index (χ0) is 14.6. The highest BCUT2D eigenvalue weighted by Gasteiger charge is 2.35. The molecule has 1 aliphatic rings. The Balaban J connectivity index is 2.43. The summed E-state index contributed by atoms with van der Waals surface area (Å²) < 4.78 is 0. The second-order valence-corrected chi connectivity index (χ2v) is 5.58. The summed E-state index contributed by atoms with van der Waals surface area (Å²) in [5, 5.41) is 10.7. The summed E-state index contributed by atoms with van der Waals surface area (Å²) in [7, 11) is 0. The van der Waals surface area contributed by atoms with Crippen LogP contribution in [0.2, 0.25) is 0 Å². The Morgan fingerprint density at radius 3 is 1.30 bits per heavy atom. The molecule has 3 rings (SSSR count). The zero-order valence-corrected chi connectivity index (χ0v) is 12.2. The molecule has 0 saturated carbocycles. The maximum absolute atomic E-state index is 12.9. The number of aryl methyl sites for hydroxylation is 4. The van der Waals surface area contributed by atoms with E-state index in [0.717, 1.165) is 22.3 Å². The van der Waals surface area contributed by atoms with Crippen molar-refractivity contribution in [2.45, 2.75) is 27.7 Å². The molecule has 0 fully saturated rings. The molecule has 0 atom stereocenters. The maximum Gasteiger partial charge on any atom is 0.194 e. The van der Waals surface area contributed by atoms with E-state index in [1.807, 2.05) is 52.0 Å². The Hall–Kier alpha value is -1.93. The van der Waals surface area contributed by atoms with Crippen LogP contribution >= 0.6 is 0 Å². The lowest BCUT2D eigenvalue weighted by atomic mass is 9.76. The van der Waals surface area contributed by atoms with Crippen LogP contribution in [0.5, 0.6) is 0 Å². The lowest BCUT2D eigenvalue weighted by molar-refractivity contribution is 0.103. The van der Waals surface area contributed by atoms with Crippen LogP contribution in [0.25, 0.3) is 0 Å². The largest absolute Gasteiger partial charge is 0.376 e. The highest BCUT2D eigenvalue weighted by atomic mass is 16.3. The van der Waals surface area contributed by atoms with Crippen LogP contribution < -0.4 is 0 Å². The number of rotatable bonds is 0. The molecule has 20 heavy (non-hydrogen) atoms. The second-order valence-electron chi connectivity index (χ2n) is 5.58. The monoisotopic (exact) mass is 265 g/mol. The van der Waals surface area contributed by atoms with Gasteiger partial charge in [0.2, 0.25) is 0 Å². The first-order valence-corrected chi connectivity index (χ1v) is 6.75. The Morgan fingerprint density at radius 1 is 0.650 bits per heavy atom. The van der Waals surface area contributed by atoms with Gasteiger partial charge in [-0.25, -0.2) is 0 Å². The van der Waals surface area contributed by atoms with Crippen molar-refractivity contribution in [1.82, 2.24) is 0 Å². The summed E-state index contributed by atoms with van der Waals surface area (Å²) >= 11 is 0. The molecule has 0 aromatic heterocycles. The number of carbonyl (C=O) groups excluding carboxylic acids is 1. The van der Waals surface area contributed by atoms with Crippen LogP contribution in [0.1, 0.15) is 49.3 Å². The smallest absolute Gasteiger partial charge is 0.194 e. The molecular weight excluding hydrogens is 248 g/mol. The zero-order valence-electron chi connectivity index (χ0n) is 12.2. The van der Waals surface area contributed by atoms with E-state index in [9.17, 15) is 9.90 Å². The highest BCUT2D eigenvalue weighted by Crippen LogP contribution is 2.40. The Kier molecular flexibility index (Phi) is 2.80. The third-order valence-corrected chi connectivity index (χ3v) is 4.17. The van der Waals surface area contributed by atoms with Gasteiger partial charge >= 0.3 is 0 Å². The number of ketones is 1. The van der Waals surface area contributed by atoms with Gasteiger partial charge in [0, 0.05) is 22.3 Å². The fourth-order valence-corrected chi connectivity index (χ4v) is 3.07. The summed E-state index contributed by atoms with van der Waals surface area (Å²) in [4.78, 5) is 12.9. The van der Waals surface area contributed by atoms with Gasteiger partial charge in [0.15, 0.2) is 11.9 Å². The molecule has 0 unspecified atom stereocenters. The Bertz CT molecular complexity index is 680. The average Bonchev–Trinajstić information content (AvgIpc) is 2.41. The number of benzene rings is 2. The Morgan fingerprint density at radius 2 is 0.950 bits per heavy atom. The minimum absolute atomic E-state index is 0.0233. The van der Waals surface area contributed by atoms with Crippen molar-refractivity contribution in [3.8, 4) is 0 Å². The van der Waals surface area contributed by atoms with Gasteiger partial charge in [-0.15, -0.1) is 0 Å². The Labute approximate surface area is 119 Å². The molecule has 1 radical (unpaired) electrons. The van der Waals surface area contributed by atoms with Crippen molar-refractivity contribution < 1.29 is 9.90 Å². The SMILES string of the molecule is Cc1ccc(C)c2c1[C](O)c1c(C)ccc(C)c1C2=O. The molecule has 1 N–H and O–H groups in total. The van der Waals surface area contributed by atoms with Gasteiger partial charge in [0.1, 0.15) is 0 Å². The van der Waals surface area contributed by atoms with E-state index >= 15 is 0 Å². The fraction of sp³-hybridized carbons (Fsp3) is 0.222. The fourth-order valence-electron chi connectivity index (χ4n) is 3.07. The van der Waals surface area contributed by atoms with Gasteiger partial charge in [0.05, 0.1) is 0 Å². The summed E-state index contributed by atoms with van der Waals surface area (Å²) in [6.07, 6.45) is 0.233. The number of aliphatic hydroxyl groups excluding tert-OH is 1. The van der Waals surface area contributed by atoms with Gasteiger partial charge in [-0.2, -0.15) is 0 Å². The molecule has 1 aliphatic carbocycles. The van der Waals surface area contributed by atoms with E-state index in [1.165, 1.54) is 0 Å². The molecule has 0 saturated heterocycles. The minimum Gasteiger partial charge on any atom is -0.376 e. The van der Waals surface area contributed by atoms with Gasteiger partial charge in [-0.05, 0) is 49.9 Å². The molecule has 0 spiro atoms. The molecule has 0 aliphatic heterocycles. The molecule has 2 aromatic rings. The minimum atomic E-state index is 0.0233. The third kappa shape index (κ3) is 1.58. The highest BCUT2D eigenvalue weighted by molar-refractivity contribution is 6.15. The van der Waals surface area contributed by atoms with Crippen molar-refractivity contribution in [3.05, 3.63) is 74.9 Å².